The minimum Gasteiger partial charge on any atom is -0.316 e. The molecule has 0 bridgehead atoms. The topological polar surface area (TPSA) is 18.5 Å². The first-order chi connectivity index (χ1) is 7.97. The highest BCUT2D eigenvalue weighted by molar-refractivity contribution is 4.85. The SMILES string of the molecule is CC(CN1CCN(C(C)(C)C)CC1)C1CNC1. The van der Waals surface area contributed by atoms with Gasteiger partial charge in [0.05, 0.1) is 0 Å². The number of nitrogens with zero attached hydrogens (tertiary/aromatic N) is 2. The van der Waals surface area contributed by atoms with Crippen molar-refractivity contribution in [3.05, 3.63) is 0 Å². The Labute approximate surface area is 107 Å². The zero-order valence-electron chi connectivity index (χ0n) is 12.0. The van der Waals surface area contributed by atoms with E-state index in [0.717, 1.165) is 11.8 Å². The van der Waals surface area contributed by atoms with Gasteiger partial charge in [-0.25, -0.2) is 0 Å². The van der Waals surface area contributed by atoms with Crippen LogP contribution in [0.2, 0.25) is 0 Å². The van der Waals surface area contributed by atoms with Crippen molar-refractivity contribution < 1.29 is 0 Å². The van der Waals surface area contributed by atoms with E-state index in [4.69, 9.17) is 0 Å². The van der Waals surface area contributed by atoms with Gasteiger partial charge in [0.1, 0.15) is 0 Å². The maximum absolute atomic E-state index is 3.38. The summed E-state index contributed by atoms with van der Waals surface area (Å²) in [5.74, 6) is 1.79. The van der Waals surface area contributed by atoms with Crippen LogP contribution < -0.4 is 5.32 Å². The lowest BCUT2D eigenvalue weighted by Crippen LogP contribution is -2.55. The molecule has 0 aromatic rings. The molecule has 2 rings (SSSR count). The summed E-state index contributed by atoms with van der Waals surface area (Å²) >= 11 is 0. The Morgan fingerprint density at radius 2 is 1.71 bits per heavy atom. The van der Waals surface area contributed by atoms with Crippen LogP contribution in [0.5, 0.6) is 0 Å². The summed E-state index contributed by atoms with van der Waals surface area (Å²) in [7, 11) is 0. The molecule has 0 aromatic heterocycles. The van der Waals surface area contributed by atoms with Crippen LogP contribution in [0.25, 0.3) is 0 Å². The van der Waals surface area contributed by atoms with Crippen molar-refractivity contribution in [1.82, 2.24) is 15.1 Å². The Balaban J connectivity index is 1.71. The van der Waals surface area contributed by atoms with Crippen molar-refractivity contribution in [3.63, 3.8) is 0 Å². The van der Waals surface area contributed by atoms with Crippen molar-refractivity contribution in [2.45, 2.75) is 33.2 Å². The molecule has 2 saturated heterocycles. The molecule has 0 aromatic carbocycles. The van der Waals surface area contributed by atoms with E-state index in [2.05, 4.69) is 42.8 Å². The molecule has 0 amide bonds. The fourth-order valence-electron chi connectivity index (χ4n) is 2.87. The average molecular weight is 239 g/mol. The van der Waals surface area contributed by atoms with Crippen molar-refractivity contribution in [2.24, 2.45) is 11.8 Å². The third kappa shape index (κ3) is 3.43. The van der Waals surface area contributed by atoms with E-state index in [1.807, 2.05) is 0 Å². The van der Waals surface area contributed by atoms with Crippen LogP contribution in [0, 0.1) is 11.8 Å². The van der Waals surface area contributed by atoms with Gasteiger partial charge in [-0.05, 0) is 45.7 Å². The Morgan fingerprint density at radius 3 is 2.12 bits per heavy atom. The van der Waals surface area contributed by atoms with E-state index in [0.29, 0.717) is 5.54 Å². The van der Waals surface area contributed by atoms with E-state index in [1.54, 1.807) is 0 Å². The number of nitrogens with one attached hydrogen (secondary N) is 1. The van der Waals surface area contributed by atoms with Crippen molar-refractivity contribution in [1.29, 1.82) is 0 Å². The fourth-order valence-corrected chi connectivity index (χ4v) is 2.87. The van der Waals surface area contributed by atoms with Crippen LogP contribution in [-0.4, -0.2) is 61.2 Å². The van der Waals surface area contributed by atoms with Crippen LogP contribution in [0.1, 0.15) is 27.7 Å². The van der Waals surface area contributed by atoms with E-state index in [1.165, 1.54) is 45.8 Å². The molecule has 1 N–H and O–H groups in total. The zero-order chi connectivity index (χ0) is 12.5. The highest BCUT2D eigenvalue weighted by Gasteiger charge is 2.29. The molecule has 2 heterocycles. The maximum Gasteiger partial charge on any atom is 0.0126 e. The van der Waals surface area contributed by atoms with Gasteiger partial charge in [-0.15, -0.1) is 0 Å². The molecule has 0 radical (unpaired) electrons. The molecule has 3 nitrogen and oxygen atoms in total. The summed E-state index contributed by atoms with van der Waals surface area (Å²) in [5.41, 5.74) is 0.343. The lowest BCUT2D eigenvalue weighted by molar-refractivity contribution is 0.0486. The Morgan fingerprint density at radius 1 is 1.12 bits per heavy atom. The quantitative estimate of drug-likeness (QED) is 0.800. The molecule has 0 saturated carbocycles. The smallest absolute Gasteiger partial charge is 0.0126 e. The van der Waals surface area contributed by atoms with Gasteiger partial charge in [0.15, 0.2) is 0 Å². The van der Waals surface area contributed by atoms with Gasteiger partial charge >= 0.3 is 0 Å². The number of piperazine rings is 1. The van der Waals surface area contributed by atoms with Gasteiger partial charge in [-0.2, -0.15) is 0 Å². The third-order valence-electron chi connectivity index (χ3n) is 4.48. The lowest BCUT2D eigenvalue weighted by Gasteiger charge is -2.44. The molecule has 1 atom stereocenters. The van der Waals surface area contributed by atoms with Gasteiger partial charge in [0, 0.05) is 38.3 Å². The van der Waals surface area contributed by atoms with Crippen LogP contribution in [0.4, 0.5) is 0 Å². The fraction of sp³-hybridized carbons (Fsp3) is 1.00. The second kappa shape index (κ2) is 5.25. The van der Waals surface area contributed by atoms with Crippen LogP contribution in [0.15, 0.2) is 0 Å². The van der Waals surface area contributed by atoms with Gasteiger partial charge in [-0.1, -0.05) is 6.92 Å². The highest BCUT2D eigenvalue weighted by atomic mass is 15.3. The molecule has 3 heteroatoms. The summed E-state index contributed by atoms with van der Waals surface area (Å²) < 4.78 is 0. The summed E-state index contributed by atoms with van der Waals surface area (Å²) in [6, 6.07) is 0. The molecule has 2 aliphatic rings. The molecule has 17 heavy (non-hydrogen) atoms. The summed E-state index contributed by atoms with van der Waals surface area (Å²) in [6.45, 7) is 18.1. The lowest BCUT2D eigenvalue weighted by atomic mass is 9.88. The average Bonchev–Trinajstić information content (AvgIpc) is 2.13. The summed E-state index contributed by atoms with van der Waals surface area (Å²) in [4.78, 5) is 5.27. The molecule has 0 spiro atoms. The van der Waals surface area contributed by atoms with E-state index in [9.17, 15) is 0 Å². The number of hydrogen-bond acceptors (Lipinski definition) is 3. The van der Waals surface area contributed by atoms with Crippen molar-refractivity contribution in [2.75, 3.05) is 45.8 Å². The minimum atomic E-state index is 0.343. The van der Waals surface area contributed by atoms with Crippen LogP contribution in [0.3, 0.4) is 0 Å². The zero-order valence-corrected chi connectivity index (χ0v) is 12.0. The Bertz CT molecular complexity index is 234. The van der Waals surface area contributed by atoms with E-state index in [-0.39, 0.29) is 0 Å². The predicted molar refractivity (Wildman–Crippen MR) is 73.3 cm³/mol. The molecule has 0 aliphatic carbocycles. The second-order valence-corrected chi connectivity index (χ2v) is 6.85. The first kappa shape index (κ1) is 13.3. The Kier molecular flexibility index (Phi) is 4.11. The molecule has 2 aliphatic heterocycles. The second-order valence-electron chi connectivity index (χ2n) is 6.85. The van der Waals surface area contributed by atoms with E-state index < -0.39 is 0 Å². The van der Waals surface area contributed by atoms with Crippen molar-refractivity contribution >= 4 is 0 Å². The molecule has 2 fully saturated rings. The van der Waals surface area contributed by atoms with Crippen LogP contribution >= 0.6 is 0 Å². The van der Waals surface area contributed by atoms with Gasteiger partial charge in [0.25, 0.3) is 0 Å². The first-order valence-corrected chi connectivity index (χ1v) is 7.15. The van der Waals surface area contributed by atoms with Crippen LogP contribution in [-0.2, 0) is 0 Å². The largest absolute Gasteiger partial charge is 0.316 e. The molecular weight excluding hydrogens is 210 g/mol. The summed E-state index contributed by atoms with van der Waals surface area (Å²) in [6.07, 6.45) is 0. The highest BCUT2D eigenvalue weighted by Crippen LogP contribution is 2.20. The van der Waals surface area contributed by atoms with Gasteiger partial charge in [0.2, 0.25) is 0 Å². The normalized spacial score (nSPS) is 26.8. The first-order valence-electron chi connectivity index (χ1n) is 7.15. The van der Waals surface area contributed by atoms with Crippen molar-refractivity contribution in [3.8, 4) is 0 Å². The third-order valence-corrected chi connectivity index (χ3v) is 4.48. The molecule has 100 valence electrons. The molecular formula is C14H29N3. The monoisotopic (exact) mass is 239 g/mol. The Hall–Kier alpha value is -0.120. The van der Waals surface area contributed by atoms with Gasteiger partial charge < -0.3 is 10.2 Å². The minimum absolute atomic E-state index is 0.343. The standard InChI is InChI=1S/C14H29N3/c1-12(13-9-15-10-13)11-16-5-7-17(8-6-16)14(2,3)4/h12-13,15H,5-11H2,1-4H3. The maximum atomic E-state index is 3.38. The number of hydrogen-bond donors (Lipinski definition) is 1. The number of rotatable bonds is 3. The molecule has 1 unspecified atom stereocenters. The summed E-state index contributed by atoms with van der Waals surface area (Å²) in [5, 5.41) is 3.38. The van der Waals surface area contributed by atoms with E-state index >= 15 is 0 Å². The van der Waals surface area contributed by atoms with Gasteiger partial charge in [-0.3, -0.25) is 4.90 Å². The predicted octanol–water partition coefficient (Wildman–Crippen LogP) is 1.26.